The number of hydrogen-bond acceptors (Lipinski definition) is 2. The molecule has 4 rings (SSSR count). The average Bonchev–Trinajstić information content (AvgIpc) is 3.18. The van der Waals surface area contributed by atoms with Crippen molar-refractivity contribution in [2.24, 2.45) is 0 Å². The topological polar surface area (TPSA) is 47.5 Å². The lowest BCUT2D eigenvalue weighted by atomic mass is 9.98. The van der Waals surface area contributed by atoms with Crippen LogP contribution in [0.3, 0.4) is 0 Å². The Morgan fingerprint density at radius 3 is 2.76 bits per heavy atom. The van der Waals surface area contributed by atoms with E-state index in [0.29, 0.717) is 5.57 Å². The maximum absolute atomic E-state index is 11.4. The van der Waals surface area contributed by atoms with Crippen LogP contribution in [0, 0.1) is 22.5 Å². The van der Waals surface area contributed by atoms with Gasteiger partial charge in [0.25, 0.3) is 5.70 Å². The summed E-state index contributed by atoms with van der Waals surface area (Å²) in [6.07, 6.45) is 10.3. The Balaban J connectivity index is 2.06. The number of para-hydroxylation sites is 1. The minimum absolute atomic E-state index is 0.0673. The molecule has 0 amide bonds. The van der Waals surface area contributed by atoms with Crippen molar-refractivity contribution in [1.29, 1.82) is 0 Å². The summed E-state index contributed by atoms with van der Waals surface area (Å²) in [5.41, 5.74) is 3.50. The first-order valence-electron chi connectivity index (χ1n) is 7.88. The van der Waals surface area contributed by atoms with Gasteiger partial charge < -0.3 is 4.40 Å². The van der Waals surface area contributed by atoms with Gasteiger partial charge in [-0.1, -0.05) is 30.2 Å². The van der Waals surface area contributed by atoms with Crippen molar-refractivity contribution in [2.75, 3.05) is 0 Å². The Bertz CT molecular complexity index is 1240. The lowest BCUT2D eigenvalue weighted by molar-refractivity contribution is -0.416. The molecule has 0 unspecified atom stereocenters. The standard InChI is InChI=1S/C21H14N2O2/c1-3-7-20(23(24)25)16(4-2)15-12-14-10-11-22-19-9-6-5-8-17(19)18(13-15)21(14)22/h1,4-13H,2H3/b16-4-,20-7+. The molecule has 0 aliphatic carbocycles. The van der Waals surface area contributed by atoms with Gasteiger partial charge in [-0.3, -0.25) is 10.1 Å². The van der Waals surface area contributed by atoms with E-state index in [1.165, 1.54) is 6.08 Å². The number of aromatic nitrogens is 1. The van der Waals surface area contributed by atoms with Crippen molar-refractivity contribution < 1.29 is 4.92 Å². The number of nitro groups is 1. The molecule has 2 heterocycles. The van der Waals surface area contributed by atoms with Crippen LogP contribution in [0.15, 0.2) is 66.5 Å². The summed E-state index contributed by atoms with van der Waals surface area (Å²) in [5, 5.41) is 14.7. The maximum atomic E-state index is 11.4. The van der Waals surface area contributed by atoms with Crippen LogP contribution in [0.5, 0.6) is 0 Å². The number of hydrogen-bond donors (Lipinski definition) is 0. The van der Waals surface area contributed by atoms with Gasteiger partial charge in [0.15, 0.2) is 0 Å². The Kier molecular flexibility index (Phi) is 3.29. The zero-order valence-electron chi connectivity index (χ0n) is 13.6. The van der Waals surface area contributed by atoms with Crippen LogP contribution < -0.4 is 0 Å². The van der Waals surface area contributed by atoms with Crippen LogP contribution in [0.4, 0.5) is 0 Å². The Morgan fingerprint density at radius 1 is 1.24 bits per heavy atom. The lowest BCUT2D eigenvalue weighted by Crippen LogP contribution is -2.01. The molecule has 4 heteroatoms. The van der Waals surface area contributed by atoms with Crippen molar-refractivity contribution in [3.05, 3.63) is 82.2 Å². The number of rotatable bonds is 3. The van der Waals surface area contributed by atoms with E-state index in [1.807, 2.05) is 36.5 Å². The Morgan fingerprint density at radius 2 is 2.04 bits per heavy atom. The smallest absolute Gasteiger partial charge is 0.285 e. The molecule has 0 fully saturated rings. The lowest BCUT2D eigenvalue weighted by Gasteiger charge is -2.06. The molecule has 0 N–H and O–H groups in total. The molecular formula is C21H14N2O2. The van der Waals surface area contributed by atoms with Gasteiger partial charge in [-0.05, 0) is 36.8 Å². The summed E-state index contributed by atoms with van der Waals surface area (Å²) in [6.45, 7) is 1.78. The molecule has 120 valence electrons. The van der Waals surface area contributed by atoms with E-state index >= 15 is 0 Å². The Labute approximate surface area is 144 Å². The van der Waals surface area contributed by atoms with Crippen LogP contribution in [0.2, 0.25) is 0 Å². The molecule has 0 aliphatic heterocycles. The molecular weight excluding hydrogens is 312 g/mol. The van der Waals surface area contributed by atoms with Crippen LogP contribution in [0.1, 0.15) is 12.5 Å². The van der Waals surface area contributed by atoms with E-state index in [2.05, 4.69) is 22.5 Å². The van der Waals surface area contributed by atoms with Crippen molar-refractivity contribution in [3.8, 4) is 12.3 Å². The number of benzene rings is 2. The molecule has 0 spiro atoms. The van der Waals surface area contributed by atoms with Gasteiger partial charge in [0.05, 0.1) is 27.6 Å². The fourth-order valence-corrected chi connectivity index (χ4v) is 3.53. The zero-order valence-corrected chi connectivity index (χ0v) is 13.6. The molecule has 0 saturated heterocycles. The first-order chi connectivity index (χ1) is 12.2. The minimum Gasteiger partial charge on any atom is -0.315 e. The van der Waals surface area contributed by atoms with E-state index in [1.54, 1.807) is 13.0 Å². The summed E-state index contributed by atoms with van der Waals surface area (Å²) >= 11 is 0. The molecule has 0 bridgehead atoms. The van der Waals surface area contributed by atoms with E-state index in [0.717, 1.165) is 32.8 Å². The Hall–Kier alpha value is -3.58. The second-order valence-corrected chi connectivity index (χ2v) is 5.82. The summed E-state index contributed by atoms with van der Waals surface area (Å²) in [4.78, 5) is 11.0. The maximum Gasteiger partial charge on any atom is 0.285 e. The fraction of sp³-hybridized carbons (Fsp3) is 0.0476. The molecule has 4 aromatic rings. The second kappa shape index (κ2) is 5.50. The third kappa shape index (κ3) is 2.10. The third-order valence-electron chi connectivity index (χ3n) is 4.53. The largest absolute Gasteiger partial charge is 0.315 e. The first-order valence-corrected chi connectivity index (χ1v) is 7.88. The molecule has 0 radical (unpaired) electrons. The molecule has 0 aliphatic rings. The van der Waals surface area contributed by atoms with Crippen LogP contribution >= 0.6 is 0 Å². The van der Waals surface area contributed by atoms with Gasteiger partial charge in [0.1, 0.15) is 0 Å². The van der Waals surface area contributed by atoms with Gasteiger partial charge in [-0.2, -0.15) is 0 Å². The van der Waals surface area contributed by atoms with Gasteiger partial charge in [-0.25, -0.2) is 0 Å². The van der Waals surface area contributed by atoms with Crippen molar-refractivity contribution >= 4 is 32.8 Å². The average molecular weight is 326 g/mol. The molecule has 4 nitrogen and oxygen atoms in total. The van der Waals surface area contributed by atoms with Crippen LogP contribution in [-0.2, 0) is 0 Å². The second-order valence-electron chi connectivity index (χ2n) is 5.82. The number of nitrogens with zero attached hydrogens (tertiary/aromatic N) is 2. The van der Waals surface area contributed by atoms with Gasteiger partial charge in [-0.15, -0.1) is 6.42 Å². The number of allylic oxidation sites excluding steroid dienone is 3. The monoisotopic (exact) mass is 326 g/mol. The highest BCUT2D eigenvalue weighted by atomic mass is 16.6. The number of terminal acetylenes is 1. The zero-order chi connectivity index (χ0) is 17.6. The third-order valence-corrected chi connectivity index (χ3v) is 4.53. The molecule has 2 aromatic heterocycles. The van der Waals surface area contributed by atoms with Crippen LogP contribution in [0.25, 0.3) is 32.8 Å². The van der Waals surface area contributed by atoms with Crippen molar-refractivity contribution in [3.63, 3.8) is 0 Å². The normalized spacial score (nSPS) is 13.0. The van der Waals surface area contributed by atoms with Crippen LogP contribution in [-0.4, -0.2) is 9.32 Å². The summed E-state index contributed by atoms with van der Waals surface area (Å²) < 4.78 is 2.16. The summed E-state index contributed by atoms with van der Waals surface area (Å²) in [6, 6.07) is 14.2. The van der Waals surface area contributed by atoms with Crippen molar-refractivity contribution in [1.82, 2.24) is 4.40 Å². The summed E-state index contributed by atoms with van der Waals surface area (Å²) in [5.74, 6) is 2.27. The van der Waals surface area contributed by atoms with Gasteiger partial charge >= 0.3 is 0 Å². The van der Waals surface area contributed by atoms with Gasteiger partial charge in [0.2, 0.25) is 0 Å². The first kappa shape index (κ1) is 15.0. The predicted octanol–water partition coefficient (Wildman–Crippen LogP) is 4.88. The highest BCUT2D eigenvalue weighted by Gasteiger charge is 2.21. The quantitative estimate of drug-likeness (QED) is 0.233. The van der Waals surface area contributed by atoms with Crippen molar-refractivity contribution in [2.45, 2.75) is 6.92 Å². The highest BCUT2D eigenvalue weighted by molar-refractivity contribution is 6.15. The molecule has 0 saturated carbocycles. The highest BCUT2D eigenvalue weighted by Crippen LogP contribution is 2.36. The van der Waals surface area contributed by atoms with E-state index in [4.69, 9.17) is 6.42 Å². The molecule has 25 heavy (non-hydrogen) atoms. The molecule has 2 aromatic carbocycles. The minimum atomic E-state index is -0.433. The SMILES string of the molecule is C#C/C=C(\C(=C/C)c1cc2ccn3c4ccccc4c(c1)c23)[N+](=O)[O-]. The number of fused-ring (bicyclic) bond motifs is 3. The predicted molar refractivity (Wildman–Crippen MR) is 101 cm³/mol. The van der Waals surface area contributed by atoms with E-state index in [-0.39, 0.29) is 5.70 Å². The van der Waals surface area contributed by atoms with E-state index in [9.17, 15) is 10.1 Å². The van der Waals surface area contributed by atoms with Gasteiger partial charge in [0, 0.05) is 22.4 Å². The summed E-state index contributed by atoms with van der Waals surface area (Å²) in [7, 11) is 0. The molecule has 0 atom stereocenters. The fourth-order valence-electron chi connectivity index (χ4n) is 3.53. The van der Waals surface area contributed by atoms with E-state index < -0.39 is 4.92 Å².